The Morgan fingerprint density at radius 1 is 1.61 bits per heavy atom. The molecule has 1 saturated heterocycles. The van der Waals surface area contributed by atoms with Crippen LogP contribution in [0.3, 0.4) is 0 Å². The van der Waals surface area contributed by atoms with Gasteiger partial charge in [0.25, 0.3) is 5.91 Å². The van der Waals surface area contributed by atoms with Gasteiger partial charge in [0.15, 0.2) is 0 Å². The number of nitrogens with one attached hydrogen (secondary N) is 1. The van der Waals surface area contributed by atoms with Gasteiger partial charge < -0.3 is 15.8 Å². The number of piperidine rings is 1. The van der Waals surface area contributed by atoms with E-state index < -0.39 is 5.91 Å². The third kappa shape index (κ3) is 2.61. The fourth-order valence-corrected chi connectivity index (χ4v) is 2.18. The van der Waals surface area contributed by atoms with Crippen LogP contribution >= 0.6 is 0 Å². The van der Waals surface area contributed by atoms with Crippen LogP contribution in [-0.2, 0) is 0 Å². The van der Waals surface area contributed by atoms with Gasteiger partial charge in [-0.05, 0) is 37.4 Å². The molecule has 3 N–H and O–H groups in total. The van der Waals surface area contributed by atoms with Crippen molar-refractivity contribution in [3.8, 4) is 5.88 Å². The van der Waals surface area contributed by atoms with Crippen LogP contribution in [-0.4, -0.2) is 30.1 Å². The molecule has 98 valence electrons. The summed E-state index contributed by atoms with van der Waals surface area (Å²) >= 11 is 0. The number of carbonyl (C=O) groups is 1. The first-order chi connectivity index (χ1) is 8.59. The van der Waals surface area contributed by atoms with Gasteiger partial charge in [-0.2, -0.15) is 0 Å². The second kappa shape index (κ2) is 5.35. The van der Waals surface area contributed by atoms with Crippen molar-refractivity contribution in [1.82, 2.24) is 10.3 Å². The lowest BCUT2D eigenvalue weighted by molar-refractivity contribution is 0.0951. The molecule has 0 radical (unpaired) electrons. The van der Waals surface area contributed by atoms with Gasteiger partial charge in [-0.25, -0.2) is 4.98 Å². The smallest absolute Gasteiger partial charge is 0.254 e. The Bertz CT molecular complexity index is 448. The van der Waals surface area contributed by atoms with Crippen LogP contribution in [0.5, 0.6) is 5.88 Å². The Kier molecular flexibility index (Phi) is 3.81. The van der Waals surface area contributed by atoms with Crippen molar-refractivity contribution in [2.75, 3.05) is 13.1 Å². The average molecular weight is 249 g/mol. The topological polar surface area (TPSA) is 77.2 Å². The third-order valence-corrected chi connectivity index (χ3v) is 3.39. The van der Waals surface area contributed by atoms with Gasteiger partial charge in [0.2, 0.25) is 5.88 Å². The summed E-state index contributed by atoms with van der Waals surface area (Å²) in [4.78, 5) is 15.6. The fraction of sp³-hybridized carbons (Fsp3) is 0.538. The molecular formula is C13H19N3O2. The van der Waals surface area contributed by atoms with E-state index in [2.05, 4.69) is 17.2 Å². The van der Waals surface area contributed by atoms with Gasteiger partial charge in [0.1, 0.15) is 11.7 Å². The number of primary amides is 1. The number of pyridine rings is 1. The highest BCUT2D eigenvalue weighted by Gasteiger charge is 2.25. The molecule has 0 saturated carbocycles. The van der Waals surface area contributed by atoms with E-state index in [1.54, 1.807) is 12.3 Å². The van der Waals surface area contributed by atoms with Crippen LogP contribution in [0.2, 0.25) is 0 Å². The molecule has 1 fully saturated rings. The van der Waals surface area contributed by atoms with Gasteiger partial charge in [0.05, 0.1) is 0 Å². The molecule has 1 aliphatic heterocycles. The van der Waals surface area contributed by atoms with Crippen LogP contribution < -0.4 is 15.8 Å². The number of aryl methyl sites for hydroxylation is 1. The van der Waals surface area contributed by atoms with Crippen LogP contribution in [0, 0.1) is 12.8 Å². The summed E-state index contributed by atoms with van der Waals surface area (Å²) in [5.74, 6) is 0.296. The molecule has 0 aromatic carbocycles. The second-order valence-corrected chi connectivity index (χ2v) is 4.80. The number of nitrogens with zero attached hydrogens (tertiary/aromatic N) is 1. The predicted molar refractivity (Wildman–Crippen MR) is 68.6 cm³/mol. The second-order valence-electron chi connectivity index (χ2n) is 4.80. The molecule has 2 rings (SSSR count). The lowest BCUT2D eigenvalue weighted by Crippen LogP contribution is -2.43. The van der Waals surface area contributed by atoms with Crippen LogP contribution in [0.25, 0.3) is 0 Å². The first kappa shape index (κ1) is 12.8. The molecule has 1 amide bonds. The quantitative estimate of drug-likeness (QED) is 0.833. The maximum atomic E-state index is 11.5. The Morgan fingerprint density at radius 3 is 3.06 bits per heavy atom. The molecule has 18 heavy (non-hydrogen) atoms. The maximum Gasteiger partial charge on any atom is 0.254 e. The molecule has 0 spiro atoms. The van der Waals surface area contributed by atoms with Gasteiger partial charge in [-0.1, -0.05) is 6.92 Å². The third-order valence-electron chi connectivity index (χ3n) is 3.39. The number of ether oxygens (including phenoxy) is 1. The lowest BCUT2D eigenvalue weighted by atomic mass is 9.97. The first-order valence-corrected chi connectivity index (χ1v) is 6.22. The van der Waals surface area contributed by atoms with Gasteiger partial charge >= 0.3 is 0 Å². The largest absolute Gasteiger partial charge is 0.472 e. The predicted octanol–water partition coefficient (Wildman–Crippen LogP) is 0.866. The summed E-state index contributed by atoms with van der Waals surface area (Å²) in [7, 11) is 0. The van der Waals surface area contributed by atoms with Gasteiger partial charge in [-0.3, -0.25) is 4.79 Å². The van der Waals surface area contributed by atoms with Crippen molar-refractivity contribution in [3.05, 3.63) is 23.4 Å². The van der Waals surface area contributed by atoms with Crippen molar-refractivity contribution in [1.29, 1.82) is 0 Å². The number of aromatic nitrogens is 1. The van der Waals surface area contributed by atoms with Crippen molar-refractivity contribution in [2.45, 2.75) is 26.4 Å². The zero-order chi connectivity index (χ0) is 13.1. The van der Waals surface area contributed by atoms with Crippen LogP contribution in [0.4, 0.5) is 0 Å². The number of nitrogens with two attached hydrogens (primary N) is 1. The van der Waals surface area contributed by atoms with Gasteiger partial charge in [0, 0.05) is 12.7 Å². The SMILES string of the molecule is Cc1ccnc(OC2CNCCC2C)c1C(N)=O. The normalized spacial score (nSPS) is 23.7. The summed E-state index contributed by atoms with van der Waals surface area (Å²) in [5.41, 5.74) is 6.56. The van der Waals surface area contributed by atoms with Crippen molar-refractivity contribution in [3.63, 3.8) is 0 Å². The number of hydrogen-bond acceptors (Lipinski definition) is 4. The number of rotatable bonds is 3. The van der Waals surface area contributed by atoms with E-state index in [0.717, 1.165) is 25.1 Å². The summed E-state index contributed by atoms with van der Waals surface area (Å²) in [6.45, 7) is 5.75. The van der Waals surface area contributed by atoms with E-state index in [4.69, 9.17) is 10.5 Å². The monoisotopic (exact) mass is 249 g/mol. The molecule has 1 aromatic heterocycles. The molecule has 2 heterocycles. The Balaban J connectivity index is 2.23. The zero-order valence-corrected chi connectivity index (χ0v) is 10.8. The minimum Gasteiger partial charge on any atom is -0.472 e. The van der Waals surface area contributed by atoms with Crippen LogP contribution in [0.15, 0.2) is 12.3 Å². The number of amides is 1. The molecular weight excluding hydrogens is 230 g/mol. The van der Waals surface area contributed by atoms with E-state index in [0.29, 0.717) is 17.4 Å². The van der Waals surface area contributed by atoms with E-state index in [-0.39, 0.29) is 6.10 Å². The molecule has 0 bridgehead atoms. The summed E-state index contributed by atoms with van der Waals surface area (Å²) in [6.07, 6.45) is 2.73. The molecule has 5 heteroatoms. The lowest BCUT2D eigenvalue weighted by Gasteiger charge is -2.30. The molecule has 0 aliphatic carbocycles. The molecule has 2 unspecified atom stereocenters. The summed E-state index contributed by atoms with van der Waals surface area (Å²) < 4.78 is 5.87. The van der Waals surface area contributed by atoms with E-state index in [1.165, 1.54) is 0 Å². The number of carbonyl (C=O) groups excluding carboxylic acids is 1. The Labute approximate surface area is 107 Å². The molecule has 1 aromatic rings. The first-order valence-electron chi connectivity index (χ1n) is 6.22. The molecule has 5 nitrogen and oxygen atoms in total. The van der Waals surface area contributed by atoms with Crippen LogP contribution in [0.1, 0.15) is 29.3 Å². The highest BCUT2D eigenvalue weighted by atomic mass is 16.5. The zero-order valence-electron chi connectivity index (χ0n) is 10.8. The molecule has 2 atom stereocenters. The Hall–Kier alpha value is -1.62. The van der Waals surface area contributed by atoms with Gasteiger partial charge in [-0.15, -0.1) is 0 Å². The maximum absolute atomic E-state index is 11.5. The molecule has 1 aliphatic rings. The summed E-state index contributed by atoms with van der Waals surface area (Å²) in [6, 6.07) is 1.76. The highest BCUT2D eigenvalue weighted by Crippen LogP contribution is 2.23. The fourth-order valence-electron chi connectivity index (χ4n) is 2.18. The van der Waals surface area contributed by atoms with E-state index >= 15 is 0 Å². The minimum absolute atomic E-state index is 0.0335. The minimum atomic E-state index is -0.493. The highest BCUT2D eigenvalue weighted by molar-refractivity contribution is 5.96. The average Bonchev–Trinajstić information content (AvgIpc) is 2.31. The standard InChI is InChI=1S/C13H19N3O2/c1-8-3-5-15-7-10(8)18-13-11(12(14)17)9(2)4-6-16-13/h4,6,8,10,15H,3,5,7H2,1-2H3,(H2,14,17). The van der Waals surface area contributed by atoms with Crippen molar-refractivity contribution >= 4 is 5.91 Å². The van der Waals surface area contributed by atoms with Crippen molar-refractivity contribution in [2.24, 2.45) is 11.7 Å². The van der Waals surface area contributed by atoms with E-state index in [9.17, 15) is 4.79 Å². The Morgan fingerprint density at radius 2 is 2.39 bits per heavy atom. The number of hydrogen-bond donors (Lipinski definition) is 2. The summed E-state index contributed by atoms with van der Waals surface area (Å²) in [5, 5.41) is 3.28. The van der Waals surface area contributed by atoms with E-state index in [1.807, 2.05) is 6.92 Å². The van der Waals surface area contributed by atoms with Crippen molar-refractivity contribution < 1.29 is 9.53 Å².